The van der Waals surface area contributed by atoms with E-state index in [9.17, 15) is 8.78 Å². The first-order chi connectivity index (χ1) is 7.58. The molecule has 2 rings (SSSR count). The fraction of sp³-hybridized carbons (Fsp3) is 0.333. The van der Waals surface area contributed by atoms with Crippen LogP contribution in [0.2, 0.25) is 0 Å². The number of hydrogen-bond donors (Lipinski definition) is 1. The predicted octanol–water partition coefficient (Wildman–Crippen LogP) is 2.72. The number of nitrogens with one attached hydrogen (secondary N) is 1. The summed E-state index contributed by atoms with van der Waals surface area (Å²) in [6.07, 6.45) is -0.585. The largest absolute Gasteiger partial charge is 0.318 e. The van der Waals surface area contributed by atoms with Crippen LogP contribution in [-0.2, 0) is 0 Å². The number of benzene rings is 1. The van der Waals surface area contributed by atoms with Gasteiger partial charge in [-0.25, -0.2) is 14.2 Å². The van der Waals surface area contributed by atoms with Crippen LogP contribution in [-0.4, -0.2) is 18.6 Å². The minimum Gasteiger partial charge on any atom is -0.318 e. The predicted molar refractivity (Wildman–Crippen MR) is 59.9 cm³/mol. The van der Waals surface area contributed by atoms with Gasteiger partial charge in [-0.3, -0.25) is 0 Å². The molecular formula is C12H14F2N2. The van der Waals surface area contributed by atoms with Crippen molar-refractivity contribution in [1.29, 1.82) is 0 Å². The molecule has 0 aromatic heterocycles. The molecule has 16 heavy (non-hydrogen) atoms. The normalized spacial score (nSPS) is 15.8. The smallest absolute Gasteiger partial charge is 0.264 e. The van der Waals surface area contributed by atoms with E-state index in [1.807, 2.05) is 26.2 Å². The Balaban J connectivity index is 2.44. The van der Waals surface area contributed by atoms with Gasteiger partial charge in [-0.05, 0) is 24.1 Å². The van der Waals surface area contributed by atoms with E-state index in [4.69, 9.17) is 0 Å². The zero-order valence-corrected chi connectivity index (χ0v) is 9.30. The summed E-state index contributed by atoms with van der Waals surface area (Å²) in [6, 6.07) is 5.18. The van der Waals surface area contributed by atoms with Crippen LogP contribution in [0.4, 0.5) is 8.78 Å². The van der Waals surface area contributed by atoms with E-state index in [0.29, 0.717) is 12.1 Å². The van der Waals surface area contributed by atoms with Crippen LogP contribution in [0.15, 0.2) is 24.4 Å². The van der Waals surface area contributed by atoms with E-state index in [2.05, 4.69) is 5.43 Å². The average Bonchev–Trinajstić information content (AvgIpc) is 2.64. The molecule has 2 nitrogen and oxygen atoms in total. The highest BCUT2D eigenvalue weighted by molar-refractivity contribution is 5.71. The number of hydrogen-bond acceptors (Lipinski definition) is 2. The lowest BCUT2D eigenvalue weighted by Gasteiger charge is -2.09. The molecule has 0 aliphatic carbocycles. The maximum absolute atomic E-state index is 12.9. The number of aryl methyl sites for hydroxylation is 1. The van der Waals surface area contributed by atoms with Gasteiger partial charge < -0.3 is 5.01 Å². The Labute approximate surface area is 93.5 Å². The molecule has 1 N–H and O–H groups in total. The van der Waals surface area contributed by atoms with Crippen molar-refractivity contribution in [3.63, 3.8) is 0 Å². The van der Waals surface area contributed by atoms with Crippen molar-refractivity contribution in [1.82, 2.24) is 10.4 Å². The summed E-state index contributed by atoms with van der Waals surface area (Å²) in [7, 11) is 1.85. The zero-order chi connectivity index (χ0) is 11.7. The summed E-state index contributed by atoms with van der Waals surface area (Å²) in [4.78, 5) is 0. The van der Waals surface area contributed by atoms with E-state index < -0.39 is 6.43 Å². The molecule has 1 aromatic carbocycles. The molecule has 0 bridgehead atoms. The van der Waals surface area contributed by atoms with Gasteiger partial charge in [0.05, 0.1) is 0 Å². The summed E-state index contributed by atoms with van der Waals surface area (Å²) in [5.41, 5.74) is 5.56. The number of nitrogens with zero attached hydrogens (tertiary/aromatic N) is 1. The number of hydrazine groups is 1. The van der Waals surface area contributed by atoms with Crippen molar-refractivity contribution >= 4 is 5.57 Å². The van der Waals surface area contributed by atoms with Crippen molar-refractivity contribution in [2.75, 3.05) is 13.6 Å². The molecule has 4 heteroatoms. The lowest BCUT2D eigenvalue weighted by molar-refractivity contribution is 0.151. The number of alkyl halides is 2. The fourth-order valence-electron chi connectivity index (χ4n) is 1.85. The van der Waals surface area contributed by atoms with Crippen LogP contribution >= 0.6 is 0 Å². The van der Waals surface area contributed by atoms with Crippen molar-refractivity contribution in [2.24, 2.45) is 0 Å². The van der Waals surface area contributed by atoms with Crippen LogP contribution in [0.5, 0.6) is 0 Å². The molecular weight excluding hydrogens is 210 g/mol. The highest BCUT2D eigenvalue weighted by atomic mass is 19.3. The summed E-state index contributed by atoms with van der Waals surface area (Å²) < 4.78 is 25.8. The Morgan fingerprint density at radius 3 is 2.69 bits per heavy atom. The standard InChI is InChI=1S/C12H14F2N2/c1-8-3-4-10(11(5-8)12(13)14)9-6-15-16(2)7-9/h3-5,7,12,15H,6H2,1-2H3. The van der Waals surface area contributed by atoms with Gasteiger partial charge in [0.1, 0.15) is 0 Å². The van der Waals surface area contributed by atoms with Crippen molar-refractivity contribution in [3.8, 4) is 0 Å². The van der Waals surface area contributed by atoms with Crippen LogP contribution < -0.4 is 5.43 Å². The third-order valence-corrected chi connectivity index (χ3v) is 2.66. The van der Waals surface area contributed by atoms with E-state index in [1.54, 1.807) is 17.1 Å². The molecule has 0 saturated heterocycles. The van der Waals surface area contributed by atoms with E-state index in [1.165, 1.54) is 0 Å². The van der Waals surface area contributed by atoms with Gasteiger partial charge in [0.25, 0.3) is 6.43 Å². The van der Waals surface area contributed by atoms with E-state index >= 15 is 0 Å². The fourth-order valence-corrected chi connectivity index (χ4v) is 1.85. The third-order valence-electron chi connectivity index (χ3n) is 2.66. The lowest BCUT2D eigenvalue weighted by atomic mass is 9.99. The van der Waals surface area contributed by atoms with Gasteiger partial charge >= 0.3 is 0 Å². The Kier molecular flexibility index (Phi) is 2.92. The van der Waals surface area contributed by atoms with Crippen LogP contribution in [0.25, 0.3) is 5.57 Å². The molecule has 1 aliphatic rings. The summed E-state index contributed by atoms with van der Waals surface area (Å²) in [6.45, 7) is 2.42. The topological polar surface area (TPSA) is 15.3 Å². The maximum atomic E-state index is 12.9. The lowest BCUT2D eigenvalue weighted by Crippen LogP contribution is -2.23. The monoisotopic (exact) mass is 224 g/mol. The Hall–Kier alpha value is -1.42. The van der Waals surface area contributed by atoms with Gasteiger partial charge in [-0.15, -0.1) is 0 Å². The minimum absolute atomic E-state index is 0.114. The Morgan fingerprint density at radius 2 is 2.12 bits per heavy atom. The average molecular weight is 224 g/mol. The second kappa shape index (κ2) is 4.22. The van der Waals surface area contributed by atoms with Crippen LogP contribution in [0.3, 0.4) is 0 Å². The molecule has 0 atom stereocenters. The molecule has 0 saturated carbocycles. The van der Waals surface area contributed by atoms with Gasteiger partial charge in [0.15, 0.2) is 0 Å². The molecule has 1 heterocycles. The molecule has 0 radical (unpaired) electrons. The van der Waals surface area contributed by atoms with Gasteiger partial charge in [-0.1, -0.05) is 17.7 Å². The number of rotatable bonds is 2. The van der Waals surface area contributed by atoms with Crippen LogP contribution in [0, 0.1) is 6.92 Å². The molecule has 1 aliphatic heterocycles. The van der Waals surface area contributed by atoms with Gasteiger partial charge in [0, 0.05) is 25.4 Å². The second-order valence-corrected chi connectivity index (χ2v) is 3.99. The minimum atomic E-state index is -2.43. The summed E-state index contributed by atoms with van der Waals surface area (Å²) in [5.74, 6) is 0. The van der Waals surface area contributed by atoms with Gasteiger partial charge in [0.2, 0.25) is 0 Å². The molecule has 1 aromatic rings. The second-order valence-electron chi connectivity index (χ2n) is 3.99. The highest BCUT2D eigenvalue weighted by Crippen LogP contribution is 2.30. The first-order valence-corrected chi connectivity index (χ1v) is 5.14. The van der Waals surface area contributed by atoms with Gasteiger partial charge in [-0.2, -0.15) is 0 Å². The highest BCUT2D eigenvalue weighted by Gasteiger charge is 2.18. The summed E-state index contributed by atoms with van der Waals surface area (Å²) in [5, 5.41) is 1.78. The first kappa shape index (κ1) is 11.1. The first-order valence-electron chi connectivity index (χ1n) is 5.14. The maximum Gasteiger partial charge on any atom is 0.264 e. The van der Waals surface area contributed by atoms with Crippen molar-refractivity contribution < 1.29 is 8.78 Å². The molecule has 0 fully saturated rings. The molecule has 0 amide bonds. The zero-order valence-electron chi connectivity index (χ0n) is 9.30. The Morgan fingerprint density at radius 1 is 1.38 bits per heavy atom. The number of halogens is 2. The summed E-state index contributed by atoms with van der Waals surface area (Å²) >= 11 is 0. The van der Waals surface area contributed by atoms with Crippen LogP contribution in [0.1, 0.15) is 23.1 Å². The molecule has 0 spiro atoms. The molecule has 86 valence electrons. The molecule has 0 unspecified atom stereocenters. The van der Waals surface area contributed by atoms with Crippen molar-refractivity contribution in [3.05, 3.63) is 41.1 Å². The quantitative estimate of drug-likeness (QED) is 0.831. The van der Waals surface area contributed by atoms with Crippen molar-refractivity contribution in [2.45, 2.75) is 13.3 Å². The van der Waals surface area contributed by atoms with E-state index in [-0.39, 0.29) is 5.56 Å². The van der Waals surface area contributed by atoms with E-state index in [0.717, 1.165) is 11.1 Å². The SMILES string of the molecule is Cc1ccc(C2=CN(C)NC2)c(C(F)F)c1. The Bertz CT molecular complexity index is 427. The third kappa shape index (κ3) is 2.07.